The molecule has 0 bridgehead atoms. The van der Waals surface area contributed by atoms with Crippen LogP contribution < -0.4 is 9.47 Å². The van der Waals surface area contributed by atoms with Crippen molar-refractivity contribution in [3.63, 3.8) is 0 Å². The van der Waals surface area contributed by atoms with Gasteiger partial charge in [-0.25, -0.2) is 0 Å². The first-order valence-electron chi connectivity index (χ1n) is 7.36. The van der Waals surface area contributed by atoms with Crippen LogP contribution in [0.2, 0.25) is 0 Å². The van der Waals surface area contributed by atoms with E-state index in [0.717, 1.165) is 29.9 Å². The van der Waals surface area contributed by atoms with E-state index in [1.165, 1.54) is 0 Å². The van der Waals surface area contributed by atoms with Crippen molar-refractivity contribution < 1.29 is 14.6 Å². The predicted octanol–water partition coefficient (Wildman–Crippen LogP) is 3.81. The zero-order valence-electron chi connectivity index (χ0n) is 12.4. The van der Waals surface area contributed by atoms with Crippen LogP contribution in [0.25, 0.3) is 0 Å². The summed E-state index contributed by atoms with van der Waals surface area (Å²) in [4.78, 5) is 0. The Labute approximate surface area is 126 Å². The van der Waals surface area contributed by atoms with Crippen LogP contribution in [0, 0.1) is 0 Å². The van der Waals surface area contributed by atoms with Gasteiger partial charge in [-0.2, -0.15) is 0 Å². The van der Waals surface area contributed by atoms with E-state index >= 15 is 0 Å². The smallest absolute Gasteiger partial charge is 0.231 e. The third kappa shape index (κ3) is 5.12. The van der Waals surface area contributed by atoms with Crippen molar-refractivity contribution in [2.24, 2.45) is 0 Å². The molecule has 3 rings (SSSR count). The van der Waals surface area contributed by atoms with E-state index in [4.69, 9.17) is 9.47 Å². The standard InChI is InChI=1S/C12H16O3.C6H6/c1-2-3-10(13)6-9-4-5-11-12(7-9)15-8-14-11;1-2-4-6-5-3-1/h4-5,7,10,13H,2-3,6,8H2,1H3;1-6H. The summed E-state index contributed by atoms with van der Waals surface area (Å²) < 4.78 is 10.5. The van der Waals surface area contributed by atoms with E-state index < -0.39 is 0 Å². The molecule has 2 aromatic rings. The van der Waals surface area contributed by atoms with Crippen LogP contribution in [0.3, 0.4) is 0 Å². The third-order valence-corrected chi connectivity index (χ3v) is 3.20. The fourth-order valence-electron chi connectivity index (χ4n) is 2.16. The molecular weight excluding hydrogens is 264 g/mol. The molecule has 0 saturated heterocycles. The molecule has 21 heavy (non-hydrogen) atoms. The van der Waals surface area contributed by atoms with Gasteiger partial charge in [0.1, 0.15) is 0 Å². The lowest BCUT2D eigenvalue weighted by atomic mass is 10.0. The van der Waals surface area contributed by atoms with Crippen molar-refractivity contribution in [1.29, 1.82) is 0 Å². The summed E-state index contributed by atoms with van der Waals surface area (Å²) in [5, 5.41) is 9.68. The number of aliphatic hydroxyl groups is 1. The van der Waals surface area contributed by atoms with Gasteiger partial charge >= 0.3 is 0 Å². The predicted molar refractivity (Wildman–Crippen MR) is 83.6 cm³/mol. The summed E-state index contributed by atoms with van der Waals surface area (Å²) in [7, 11) is 0. The molecule has 0 aromatic heterocycles. The molecule has 0 aliphatic carbocycles. The first kappa shape index (κ1) is 15.4. The maximum Gasteiger partial charge on any atom is 0.231 e. The first-order chi connectivity index (χ1) is 10.3. The Morgan fingerprint density at radius 2 is 1.62 bits per heavy atom. The van der Waals surface area contributed by atoms with Crippen LogP contribution >= 0.6 is 0 Å². The SMILES string of the molecule is CCCC(O)Cc1ccc2c(c1)OCO2.c1ccccc1. The first-order valence-corrected chi connectivity index (χ1v) is 7.36. The van der Waals surface area contributed by atoms with Crippen LogP contribution in [0.15, 0.2) is 54.6 Å². The molecule has 3 nitrogen and oxygen atoms in total. The second kappa shape index (κ2) is 8.32. The quantitative estimate of drug-likeness (QED) is 0.929. The van der Waals surface area contributed by atoms with Crippen molar-refractivity contribution in [3.05, 3.63) is 60.2 Å². The molecule has 112 valence electrons. The molecule has 0 saturated carbocycles. The molecule has 1 heterocycles. The molecule has 0 fully saturated rings. The second-order valence-corrected chi connectivity index (χ2v) is 4.99. The molecule has 1 atom stereocenters. The van der Waals surface area contributed by atoms with Crippen molar-refractivity contribution in [3.8, 4) is 11.5 Å². The minimum Gasteiger partial charge on any atom is -0.454 e. The average Bonchev–Trinajstić information content (AvgIpc) is 2.97. The van der Waals surface area contributed by atoms with E-state index in [1.807, 2.05) is 54.6 Å². The number of benzene rings is 2. The lowest BCUT2D eigenvalue weighted by molar-refractivity contribution is 0.163. The molecule has 3 heteroatoms. The lowest BCUT2D eigenvalue weighted by Crippen LogP contribution is -2.09. The summed E-state index contributed by atoms with van der Waals surface area (Å²) in [6.07, 6.45) is 2.28. The number of hydrogen-bond donors (Lipinski definition) is 1. The Balaban J connectivity index is 0.000000225. The van der Waals surface area contributed by atoms with E-state index in [0.29, 0.717) is 13.2 Å². The van der Waals surface area contributed by atoms with Gasteiger partial charge in [-0.3, -0.25) is 0 Å². The molecule has 1 N–H and O–H groups in total. The van der Waals surface area contributed by atoms with Gasteiger partial charge < -0.3 is 14.6 Å². The molecule has 0 amide bonds. The lowest BCUT2D eigenvalue weighted by Gasteiger charge is -2.09. The van der Waals surface area contributed by atoms with Crippen LogP contribution in [0.4, 0.5) is 0 Å². The van der Waals surface area contributed by atoms with E-state index in [2.05, 4.69) is 6.92 Å². The highest BCUT2D eigenvalue weighted by Crippen LogP contribution is 2.32. The van der Waals surface area contributed by atoms with Crippen molar-refractivity contribution in [2.75, 3.05) is 6.79 Å². The monoisotopic (exact) mass is 286 g/mol. The highest BCUT2D eigenvalue weighted by Gasteiger charge is 2.14. The Bertz CT molecular complexity index is 499. The molecular formula is C18H22O3. The van der Waals surface area contributed by atoms with Crippen LogP contribution in [-0.2, 0) is 6.42 Å². The Morgan fingerprint density at radius 1 is 1.00 bits per heavy atom. The fraction of sp³-hybridized carbons (Fsp3) is 0.333. The zero-order chi connectivity index (χ0) is 14.9. The molecule has 0 spiro atoms. The Hall–Kier alpha value is -2.00. The molecule has 1 unspecified atom stereocenters. The molecule has 1 aliphatic heterocycles. The highest BCUT2D eigenvalue weighted by atomic mass is 16.7. The molecule has 1 aliphatic rings. The minimum atomic E-state index is -0.254. The molecule has 0 radical (unpaired) electrons. The maximum atomic E-state index is 9.68. The van der Waals surface area contributed by atoms with Gasteiger partial charge in [-0.15, -0.1) is 0 Å². The average molecular weight is 286 g/mol. The van der Waals surface area contributed by atoms with Crippen LogP contribution in [0.5, 0.6) is 11.5 Å². The summed E-state index contributed by atoms with van der Waals surface area (Å²) in [6, 6.07) is 17.8. The van der Waals surface area contributed by atoms with Gasteiger partial charge in [0, 0.05) is 0 Å². The normalized spacial score (nSPS) is 13.2. The topological polar surface area (TPSA) is 38.7 Å². The van der Waals surface area contributed by atoms with Gasteiger partial charge in [-0.05, 0) is 30.5 Å². The maximum absolute atomic E-state index is 9.68. The van der Waals surface area contributed by atoms with Gasteiger partial charge in [0.15, 0.2) is 11.5 Å². The second-order valence-electron chi connectivity index (χ2n) is 4.99. The Kier molecular flexibility index (Phi) is 6.10. The summed E-state index contributed by atoms with van der Waals surface area (Å²) in [5.74, 6) is 1.58. The van der Waals surface area contributed by atoms with Crippen LogP contribution in [-0.4, -0.2) is 18.0 Å². The number of fused-ring (bicyclic) bond motifs is 1. The number of ether oxygens (including phenoxy) is 2. The van der Waals surface area contributed by atoms with Crippen molar-refractivity contribution in [1.82, 2.24) is 0 Å². The highest BCUT2D eigenvalue weighted by molar-refractivity contribution is 5.44. The van der Waals surface area contributed by atoms with Gasteiger partial charge in [0.2, 0.25) is 6.79 Å². The van der Waals surface area contributed by atoms with Gasteiger partial charge in [0.25, 0.3) is 0 Å². The number of rotatable bonds is 4. The van der Waals surface area contributed by atoms with E-state index in [-0.39, 0.29) is 6.10 Å². The summed E-state index contributed by atoms with van der Waals surface area (Å²) in [6.45, 7) is 2.37. The summed E-state index contributed by atoms with van der Waals surface area (Å²) in [5.41, 5.74) is 1.10. The number of aliphatic hydroxyl groups excluding tert-OH is 1. The molecule has 2 aromatic carbocycles. The largest absolute Gasteiger partial charge is 0.454 e. The van der Waals surface area contributed by atoms with Crippen molar-refractivity contribution in [2.45, 2.75) is 32.3 Å². The van der Waals surface area contributed by atoms with Gasteiger partial charge in [0.05, 0.1) is 6.10 Å². The van der Waals surface area contributed by atoms with Crippen molar-refractivity contribution >= 4 is 0 Å². The zero-order valence-corrected chi connectivity index (χ0v) is 12.4. The van der Waals surface area contributed by atoms with Crippen LogP contribution in [0.1, 0.15) is 25.3 Å². The third-order valence-electron chi connectivity index (χ3n) is 3.20. The van der Waals surface area contributed by atoms with E-state index in [1.54, 1.807) is 0 Å². The Morgan fingerprint density at radius 3 is 2.24 bits per heavy atom. The van der Waals surface area contributed by atoms with Gasteiger partial charge in [-0.1, -0.05) is 55.8 Å². The summed E-state index contributed by atoms with van der Waals surface area (Å²) >= 11 is 0. The van der Waals surface area contributed by atoms with E-state index in [9.17, 15) is 5.11 Å². The number of hydrogen-bond acceptors (Lipinski definition) is 3. The minimum absolute atomic E-state index is 0.254. The fourth-order valence-corrected chi connectivity index (χ4v) is 2.16.